The van der Waals surface area contributed by atoms with E-state index in [1.807, 2.05) is 0 Å². The Hall–Kier alpha value is -2.90. The molecule has 0 aliphatic rings. The number of H-pyrrole nitrogens is 1. The minimum Gasteiger partial charge on any atom is -0.358 e. The highest BCUT2D eigenvalue weighted by molar-refractivity contribution is 6.03. The van der Waals surface area contributed by atoms with Gasteiger partial charge in [0.25, 0.3) is 5.91 Å². The number of hydrogen-bond donors (Lipinski definition) is 3. The van der Waals surface area contributed by atoms with Crippen LogP contribution in [0.4, 0.5) is 5.69 Å². The molecule has 0 spiro atoms. The van der Waals surface area contributed by atoms with E-state index in [2.05, 4.69) is 20.7 Å². The third-order valence-electron chi connectivity index (χ3n) is 2.52. The molecule has 2 rings (SSSR count). The number of rotatable bonds is 4. The standard InChI is InChI=1S/C12H13N5O3/c1-13-11(19)7-17-6-9(5-15-17)16-12(20)8-2-3-10(18)14-4-8/h2-6H,7H2,1H3,(H,13,19)(H,14,18)(H,16,20). The highest BCUT2D eigenvalue weighted by Gasteiger charge is 2.08. The van der Waals surface area contributed by atoms with E-state index < -0.39 is 0 Å². The van der Waals surface area contributed by atoms with Crippen LogP contribution in [0, 0.1) is 0 Å². The lowest BCUT2D eigenvalue weighted by molar-refractivity contribution is -0.121. The van der Waals surface area contributed by atoms with Crippen LogP contribution in [0.5, 0.6) is 0 Å². The summed E-state index contributed by atoms with van der Waals surface area (Å²) in [5.74, 6) is -0.563. The summed E-state index contributed by atoms with van der Waals surface area (Å²) < 4.78 is 1.40. The zero-order chi connectivity index (χ0) is 14.5. The molecule has 2 heterocycles. The van der Waals surface area contributed by atoms with Crippen molar-refractivity contribution in [2.75, 3.05) is 12.4 Å². The van der Waals surface area contributed by atoms with Crippen molar-refractivity contribution in [1.29, 1.82) is 0 Å². The lowest BCUT2D eigenvalue weighted by Gasteiger charge is -2.01. The number of hydrogen-bond acceptors (Lipinski definition) is 4. The smallest absolute Gasteiger partial charge is 0.257 e. The van der Waals surface area contributed by atoms with Gasteiger partial charge in [-0.1, -0.05) is 0 Å². The Morgan fingerprint density at radius 2 is 2.20 bits per heavy atom. The zero-order valence-electron chi connectivity index (χ0n) is 10.7. The van der Waals surface area contributed by atoms with Crippen LogP contribution in [-0.2, 0) is 11.3 Å². The summed E-state index contributed by atoms with van der Waals surface area (Å²) in [5.41, 5.74) is 0.508. The van der Waals surface area contributed by atoms with Gasteiger partial charge in [-0.3, -0.25) is 19.1 Å². The maximum atomic E-state index is 11.9. The molecule has 0 bridgehead atoms. The van der Waals surface area contributed by atoms with Crippen LogP contribution in [0.3, 0.4) is 0 Å². The van der Waals surface area contributed by atoms with E-state index in [0.717, 1.165) is 0 Å². The van der Waals surface area contributed by atoms with Crippen molar-refractivity contribution in [3.63, 3.8) is 0 Å². The Labute approximate surface area is 113 Å². The van der Waals surface area contributed by atoms with Gasteiger partial charge in [-0.05, 0) is 6.07 Å². The van der Waals surface area contributed by atoms with Crippen LogP contribution in [0.2, 0.25) is 0 Å². The Morgan fingerprint density at radius 1 is 1.40 bits per heavy atom. The summed E-state index contributed by atoms with van der Waals surface area (Å²) in [4.78, 5) is 36.4. The lowest BCUT2D eigenvalue weighted by Crippen LogP contribution is -2.23. The van der Waals surface area contributed by atoms with Gasteiger partial charge in [-0.25, -0.2) is 0 Å². The Balaban J connectivity index is 2.03. The van der Waals surface area contributed by atoms with E-state index in [1.165, 1.54) is 36.3 Å². The van der Waals surface area contributed by atoms with Gasteiger partial charge in [0.15, 0.2) is 0 Å². The Kier molecular flexibility index (Phi) is 3.94. The molecule has 0 saturated carbocycles. The first-order chi connectivity index (χ1) is 9.58. The molecule has 0 radical (unpaired) electrons. The summed E-state index contributed by atoms with van der Waals surface area (Å²) in [6.45, 7) is 0.0744. The quantitative estimate of drug-likeness (QED) is 0.703. The number of amides is 2. The molecule has 8 heteroatoms. The monoisotopic (exact) mass is 275 g/mol. The lowest BCUT2D eigenvalue weighted by atomic mass is 10.2. The highest BCUT2D eigenvalue weighted by Crippen LogP contribution is 2.07. The molecule has 3 N–H and O–H groups in total. The number of likely N-dealkylation sites (N-methyl/N-ethyl adjacent to an activating group) is 1. The molecule has 8 nitrogen and oxygen atoms in total. The second-order valence-electron chi connectivity index (χ2n) is 4.00. The van der Waals surface area contributed by atoms with Crippen molar-refractivity contribution < 1.29 is 9.59 Å². The fourth-order valence-electron chi connectivity index (χ4n) is 1.50. The van der Waals surface area contributed by atoms with E-state index in [1.54, 1.807) is 6.20 Å². The molecule has 2 aromatic heterocycles. The molecule has 104 valence electrons. The Bertz CT molecular complexity index is 668. The molecule has 2 aromatic rings. The molecule has 0 fully saturated rings. The molecule has 0 aliphatic heterocycles. The van der Waals surface area contributed by atoms with Gasteiger partial charge < -0.3 is 15.6 Å². The first-order valence-corrected chi connectivity index (χ1v) is 5.81. The molecular weight excluding hydrogens is 262 g/mol. The number of carbonyl (C=O) groups is 2. The molecule has 20 heavy (non-hydrogen) atoms. The van der Waals surface area contributed by atoms with Gasteiger partial charge >= 0.3 is 0 Å². The van der Waals surface area contributed by atoms with E-state index in [-0.39, 0.29) is 23.9 Å². The van der Waals surface area contributed by atoms with Crippen LogP contribution in [0.1, 0.15) is 10.4 Å². The van der Waals surface area contributed by atoms with E-state index >= 15 is 0 Å². The minimum absolute atomic E-state index is 0.0744. The van der Waals surface area contributed by atoms with Gasteiger partial charge in [0.05, 0.1) is 17.4 Å². The third-order valence-corrected chi connectivity index (χ3v) is 2.52. The molecule has 0 aromatic carbocycles. The van der Waals surface area contributed by atoms with Gasteiger partial charge in [-0.15, -0.1) is 0 Å². The van der Waals surface area contributed by atoms with E-state index in [0.29, 0.717) is 11.3 Å². The third kappa shape index (κ3) is 3.31. The highest BCUT2D eigenvalue weighted by atomic mass is 16.2. The summed E-state index contributed by atoms with van der Waals surface area (Å²) in [5, 5.41) is 9.04. The molecule has 2 amide bonds. The summed E-state index contributed by atoms with van der Waals surface area (Å²) in [7, 11) is 1.53. The number of aromatic nitrogens is 3. The molecule has 0 unspecified atom stereocenters. The van der Waals surface area contributed by atoms with Crippen LogP contribution in [-0.4, -0.2) is 33.6 Å². The maximum Gasteiger partial charge on any atom is 0.257 e. The fraction of sp³-hybridized carbons (Fsp3) is 0.167. The van der Waals surface area contributed by atoms with Crippen molar-refractivity contribution in [1.82, 2.24) is 20.1 Å². The average Bonchev–Trinajstić information content (AvgIpc) is 2.86. The van der Waals surface area contributed by atoms with Gasteiger partial charge in [-0.2, -0.15) is 5.10 Å². The van der Waals surface area contributed by atoms with Gasteiger partial charge in [0.2, 0.25) is 11.5 Å². The second-order valence-corrected chi connectivity index (χ2v) is 4.00. The number of anilines is 1. The first kappa shape index (κ1) is 13.5. The van der Waals surface area contributed by atoms with Crippen molar-refractivity contribution in [2.24, 2.45) is 0 Å². The predicted octanol–water partition coefficient (Wildman–Crippen LogP) is -0.430. The second kappa shape index (κ2) is 5.83. The number of nitrogens with one attached hydrogen (secondary N) is 3. The van der Waals surface area contributed by atoms with Crippen LogP contribution in [0.15, 0.2) is 35.5 Å². The molecule has 0 aliphatic carbocycles. The largest absolute Gasteiger partial charge is 0.358 e. The SMILES string of the molecule is CNC(=O)Cn1cc(NC(=O)c2ccc(=O)[nH]c2)cn1. The van der Waals surface area contributed by atoms with Crippen molar-refractivity contribution >= 4 is 17.5 Å². The normalized spacial score (nSPS) is 10.1. The minimum atomic E-state index is -0.374. The van der Waals surface area contributed by atoms with Gasteiger partial charge in [0.1, 0.15) is 6.54 Å². The van der Waals surface area contributed by atoms with Gasteiger partial charge in [0, 0.05) is 25.5 Å². The number of pyridine rings is 1. The van der Waals surface area contributed by atoms with Crippen LogP contribution in [0.25, 0.3) is 0 Å². The van der Waals surface area contributed by atoms with Crippen molar-refractivity contribution in [2.45, 2.75) is 6.54 Å². The number of nitrogens with zero attached hydrogens (tertiary/aromatic N) is 2. The predicted molar refractivity (Wildman–Crippen MR) is 71.3 cm³/mol. The maximum absolute atomic E-state index is 11.9. The molecule has 0 saturated heterocycles. The fourth-order valence-corrected chi connectivity index (χ4v) is 1.50. The number of aromatic amines is 1. The summed E-state index contributed by atoms with van der Waals surface area (Å²) >= 11 is 0. The van der Waals surface area contributed by atoms with Crippen molar-refractivity contribution in [3.8, 4) is 0 Å². The van der Waals surface area contributed by atoms with Crippen LogP contribution < -0.4 is 16.2 Å². The topological polar surface area (TPSA) is 109 Å². The summed E-state index contributed by atoms with van der Waals surface area (Å²) in [6.07, 6.45) is 4.30. The van der Waals surface area contributed by atoms with E-state index in [4.69, 9.17) is 0 Å². The first-order valence-electron chi connectivity index (χ1n) is 5.81. The molecular formula is C12H13N5O3. The summed E-state index contributed by atoms with van der Waals surface area (Å²) in [6, 6.07) is 2.69. The van der Waals surface area contributed by atoms with Crippen molar-refractivity contribution in [3.05, 3.63) is 46.6 Å². The Morgan fingerprint density at radius 3 is 2.85 bits per heavy atom. The van der Waals surface area contributed by atoms with E-state index in [9.17, 15) is 14.4 Å². The molecule has 0 atom stereocenters. The zero-order valence-corrected chi connectivity index (χ0v) is 10.7. The van der Waals surface area contributed by atoms with Crippen LogP contribution >= 0.6 is 0 Å². The average molecular weight is 275 g/mol. The number of carbonyl (C=O) groups excluding carboxylic acids is 2.